The lowest BCUT2D eigenvalue weighted by molar-refractivity contribution is 0.603. The van der Waals surface area contributed by atoms with E-state index in [2.05, 4.69) is 19.1 Å². The zero-order chi connectivity index (χ0) is 11.4. The van der Waals surface area contributed by atoms with Gasteiger partial charge in [0, 0.05) is 5.30 Å². The molecule has 1 nitrogen and oxygen atoms in total. The minimum absolute atomic E-state index is 0.0989. The summed E-state index contributed by atoms with van der Waals surface area (Å²) in [6.45, 7) is 2.10. The number of rotatable bonds is 3. The molecule has 0 bridgehead atoms. The molecule has 2 rings (SSSR count). The van der Waals surface area contributed by atoms with Crippen LogP contribution in [-0.2, 0) is 11.0 Å². The van der Waals surface area contributed by atoms with E-state index in [0.717, 1.165) is 17.3 Å². The lowest BCUT2D eigenvalue weighted by Crippen LogP contribution is -2.03. The van der Waals surface area contributed by atoms with Crippen molar-refractivity contribution in [3.8, 4) is 0 Å². The highest BCUT2D eigenvalue weighted by Gasteiger charge is 2.04. The van der Waals surface area contributed by atoms with Gasteiger partial charge in [0.1, 0.15) is 0 Å². The van der Waals surface area contributed by atoms with E-state index in [9.17, 15) is 4.57 Å². The van der Waals surface area contributed by atoms with Crippen molar-refractivity contribution >= 4 is 13.8 Å². The van der Waals surface area contributed by atoms with Gasteiger partial charge in [-0.1, -0.05) is 42.5 Å². The van der Waals surface area contributed by atoms with Gasteiger partial charge in [0.2, 0.25) is 0 Å². The molecule has 0 aromatic heterocycles. The second-order valence-electron chi connectivity index (χ2n) is 3.82. The Morgan fingerprint density at radius 3 is 2.25 bits per heavy atom. The van der Waals surface area contributed by atoms with Crippen LogP contribution in [0.1, 0.15) is 16.7 Å². The molecule has 16 heavy (non-hydrogen) atoms. The number of benzene rings is 2. The molecule has 80 valence electrons. The predicted octanol–water partition coefficient (Wildman–Crippen LogP) is 3.50. The maximum absolute atomic E-state index is 11.0. The second kappa shape index (κ2) is 5.05. The maximum Gasteiger partial charge on any atom is 0.192 e. The lowest BCUT2D eigenvalue weighted by atomic mass is 10.0. The fraction of sp³-hybridized carbons (Fsp3) is 0.143. The van der Waals surface area contributed by atoms with Gasteiger partial charge in [0.25, 0.3) is 0 Å². The van der Waals surface area contributed by atoms with Crippen molar-refractivity contribution in [3.63, 3.8) is 0 Å². The summed E-state index contributed by atoms with van der Waals surface area (Å²) in [4.78, 5) is 0. The van der Waals surface area contributed by atoms with Gasteiger partial charge < -0.3 is 0 Å². The monoisotopic (exact) mass is 228 g/mol. The Morgan fingerprint density at radius 2 is 1.56 bits per heavy atom. The standard InChI is InChI=1S/C14H13OP/c1-11-6-2-3-7-12(11)10-13-8-4-5-9-14(13)16-15/h2-9H,10H2,1H3. The molecule has 2 aromatic rings. The second-order valence-corrected chi connectivity index (χ2v) is 4.49. The number of aryl methyl sites for hydroxylation is 1. The molecule has 0 atom stereocenters. The Balaban J connectivity index is 2.34. The van der Waals surface area contributed by atoms with Crippen LogP contribution in [0.3, 0.4) is 0 Å². The van der Waals surface area contributed by atoms with E-state index in [1.54, 1.807) is 0 Å². The van der Waals surface area contributed by atoms with Crippen molar-refractivity contribution in [2.75, 3.05) is 0 Å². The smallest absolute Gasteiger partial charge is 0.192 e. The molecule has 2 heteroatoms. The van der Waals surface area contributed by atoms with Gasteiger partial charge in [-0.25, -0.2) is 0 Å². The third kappa shape index (κ3) is 2.37. The van der Waals surface area contributed by atoms with Crippen LogP contribution < -0.4 is 5.30 Å². The van der Waals surface area contributed by atoms with Crippen molar-refractivity contribution < 1.29 is 4.57 Å². The Labute approximate surface area is 97.3 Å². The van der Waals surface area contributed by atoms with Crippen molar-refractivity contribution in [1.82, 2.24) is 0 Å². The average Bonchev–Trinajstić information content (AvgIpc) is 2.33. The molecule has 0 aliphatic carbocycles. The first-order chi connectivity index (χ1) is 7.81. The Bertz CT molecular complexity index is 506. The van der Waals surface area contributed by atoms with Crippen LogP contribution in [0.5, 0.6) is 0 Å². The predicted molar refractivity (Wildman–Crippen MR) is 67.7 cm³/mol. The fourth-order valence-corrected chi connectivity index (χ4v) is 2.18. The molecule has 0 spiro atoms. The highest BCUT2D eigenvalue weighted by molar-refractivity contribution is 7.34. The Kier molecular flexibility index (Phi) is 3.48. The molecule has 0 unspecified atom stereocenters. The van der Waals surface area contributed by atoms with E-state index in [0.29, 0.717) is 0 Å². The Hall–Kier alpha value is -1.46. The Morgan fingerprint density at radius 1 is 0.938 bits per heavy atom. The van der Waals surface area contributed by atoms with E-state index >= 15 is 0 Å². The van der Waals surface area contributed by atoms with Crippen molar-refractivity contribution in [3.05, 3.63) is 65.2 Å². The lowest BCUT2D eigenvalue weighted by Gasteiger charge is -2.06. The quantitative estimate of drug-likeness (QED) is 0.735. The first-order valence-corrected chi connectivity index (χ1v) is 6.08. The van der Waals surface area contributed by atoms with Crippen LogP contribution in [0.4, 0.5) is 0 Å². The van der Waals surface area contributed by atoms with Crippen LogP contribution in [0, 0.1) is 6.92 Å². The molecule has 0 N–H and O–H groups in total. The summed E-state index contributed by atoms with van der Waals surface area (Å²) in [6.07, 6.45) is 0.845. The highest BCUT2D eigenvalue weighted by Crippen LogP contribution is 2.14. The minimum atomic E-state index is 0.0989. The van der Waals surface area contributed by atoms with Gasteiger partial charge in [0.15, 0.2) is 8.46 Å². The summed E-state index contributed by atoms with van der Waals surface area (Å²) < 4.78 is 11.0. The molecule has 0 heterocycles. The average molecular weight is 228 g/mol. The third-order valence-electron chi connectivity index (χ3n) is 2.73. The molecule has 2 aromatic carbocycles. The zero-order valence-electron chi connectivity index (χ0n) is 9.18. The molecule has 0 amide bonds. The normalized spacial score (nSPS) is 10.6. The maximum atomic E-state index is 11.0. The molecule has 0 fully saturated rings. The SMILES string of the molecule is Cc1ccccc1Cc1ccccc1P=O. The van der Waals surface area contributed by atoms with Crippen molar-refractivity contribution in [2.45, 2.75) is 13.3 Å². The zero-order valence-corrected chi connectivity index (χ0v) is 10.1. The van der Waals surface area contributed by atoms with E-state index in [1.165, 1.54) is 11.1 Å². The van der Waals surface area contributed by atoms with E-state index in [1.807, 2.05) is 36.4 Å². The van der Waals surface area contributed by atoms with Gasteiger partial charge in [-0.05, 0) is 36.1 Å². The first kappa shape index (κ1) is 11.0. The molecular formula is C14H13OP. The van der Waals surface area contributed by atoms with Crippen LogP contribution in [0.25, 0.3) is 0 Å². The third-order valence-corrected chi connectivity index (χ3v) is 3.37. The van der Waals surface area contributed by atoms with Gasteiger partial charge in [-0.15, -0.1) is 0 Å². The summed E-state index contributed by atoms with van der Waals surface area (Å²) in [6, 6.07) is 16.1. The van der Waals surface area contributed by atoms with Gasteiger partial charge >= 0.3 is 0 Å². The minimum Gasteiger partial charge on any atom is -0.269 e. The molecular weight excluding hydrogens is 215 g/mol. The number of hydrogen-bond donors (Lipinski definition) is 0. The van der Waals surface area contributed by atoms with E-state index in [-0.39, 0.29) is 8.46 Å². The van der Waals surface area contributed by atoms with E-state index < -0.39 is 0 Å². The summed E-state index contributed by atoms with van der Waals surface area (Å²) in [7, 11) is 0.0989. The fourth-order valence-electron chi connectivity index (χ4n) is 1.76. The van der Waals surface area contributed by atoms with Crippen LogP contribution in [0.15, 0.2) is 48.5 Å². The number of hydrogen-bond acceptors (Lipinski definition) is 1. The highest BCUT2D eigenvalue weighted by atomic mass is 31.1. The molecule has 0 aliphatic heterocycles. The molecule has 0 radical (unpaired) electrons. The summed E-state index contributed by atoms with van der Waals surface area (Å²) in [5, 5.41) is 0.880. The summed E-state index contributed by atoms with van der Waals surface area (Å²) >= 11 is 0. The van der Waals surface area contributed by atoms with Crippen molar-refractivity contribution in [2.24, 2.45) is 0 Å². The van der Waals surface area contributed by atoms with Crippen LogP contribution in [0.2, 0.25) is 0 Å². The van der Waals surface area contributed by atoms with Crippen LogP contribution in [-0.4, -0.2) is 0 Å². The molecule has 0 saturated carbocycles. The molecule has 0 saturated heterocycles. The molecule has 0 aliphatic rings. The summed E-state index contributed by atoms with van der Waals surface area (Å²) in [5.74, 6) is 0. The van der Waals surface area contributed by atoms with E-state index in [4.69, 9.17) is 0 Å². The van der Waals surface area contributed by atoms with Crippen LogP contribution >= 0.6 is 8.46 Å². The van der Waals surface area contributed by atoms with Gasteiger partial charge in [-0.3, -0.25) is 4.57 Å². The van der Waals surface area contributed by atoms with Gasteiger partial charge in [-0.2, -0.15) is 0 Å². The summed E-state index contributed by atoms with van der Waals surface area (Å²) in [5.41, 5.74) is 3.70. The first-order valence-electron chi connectivity index (χ1n) is 5.27. The van der Waals surface area contributed by atoms with Crippen molar-refractivity contribution in [1.29, 1.82) is 0 Å². The van der Waals surface area contributed by atoms with Gasteiger partial charge in [0.05, 0.1) is 0 Å². The largest absolute Gasteiger partial charge is 0.269 e. The topological polar surface area (TPSA) is 17.1 Å².